The van der Waals surface area contributed by atoms with E-state index in [4.69, 9.17) is 9.47 Å². The van der Waals surface area contributed by atoms with E-state index >= 15 is 0 Å². The average molecular weight is 400 g/mol. The number of hydrogen-bond acceptors (Lipinski definition) is 5. The fourth-order valence-corrected chi connectivity index (χ4v) is 2.63. The van der Waals surface area contributed by atoms with Gasteiger partial charge in [-0.25, -0.2) is 9.18 Å². The molecule has 2 aromatic rings. The highest BCUT2D eigenvalue weighted by Crippen LogP contribution is 2.34. The molecule has 0 amide bonds. The van der Waals surface area contributed by atoms with Crippen molar-refractivity contribution >= 4 is 11.9 Å². The number of benzene rings is 2. The maximum Gasteiger partial charge on any atom is 0.338 e. The van der Waals surface area contributed by atoms with Gasteiger partial charge in [-0.05, 0) is 50.1 Å². The highest BCUT2D eigenvalue weighted by atomic mass is 19.1. The fraction of sp³-hybridized carbons (Fsp3) is 0.304. The molecule has 0 bridgehead atoms. The van der Waals surface area contributed by atoms with E-state index in [1.807, 2.05) is 0 Å². The highest BCUT2D eigenvalue weighted by molar-refractivity contribution is 5.88. The van der Waals surface area contributed by atoms with E-state index in [1.54, 1.807) is 44.2 Å². The summed E-state index contributed by atoms with van der Waals surface area (Å²) in [5.74, 6) is -1.29. The number of rotatable bonds is 7. The summed E-state index contributed by atoms with van der Waals surface area (Å²) in [6.45, 7) is 9.62. The molecule has 0 heterocycles. The molecule has 29 heavy (non-hydrogen) atoms. The molecule has 1 unspecified atom stereocenters. The van der Waals surface area contributed by atoms with E-state index in [1.165, 1.54) is 26.0 Å². The third-order valence-electron chi connectivity index (χ3n) is 4.21. The summed E-state index contributed by atoms with van der Waals surface area (Å²) in [6, 6.07) is 11.1. The van der Waals surface area contributed by atoms with E-state index in [-0.39, 0.29) is 17.6 Å². The largest absolute Gasteiger partial charge is 0.454 e. The van der Waals surface area contributed by atoms with Crippen LogP contribution >= 0.6 is 0 Å². The van der Waals surface area contributed by atoms with E-state index < -0.39 is 29.5 Å². The van der Waals surface area contributed by atoms with Crippen LogP contribution in [0.2, 0.25) is 0 Å². The monoisotopic (exact) mass is 400 g/mol. The van der Waals surface area contributed by atoms with Crippen molar-refractivity contribution in [3.8, 4) is 16.9 Å². The molecule has 5 nitrogen and oxygen atoms in total. The topological polar surface area (TPSA) is 72.8 Å². The first-order valence-corrected chi connectivity index (χ1v) is 9.22. The van der Waals surface area contributed by atoms with Crippen LogP contribution in [0.1, 0.15) is 45.8 Å². The van der Waals surface area contributed by atoms with Crippen LogP contribution < -0.4 is 4.74 Å². The van der Waals surface area contributed by atoms with Gasteiger partial charge in [-0.1, -0.05) is 37.8 Å². The molecule has 0 aliphatic heterocycles. The average Bonchev–Trinajstić information content (AvgIpc) is 2.65. The molecule has 1 atom stereocenters. The van der Waals surface area contributed by atoms with Crippen molar-refractivity contribution in [1.29, 1.82) is 0 Å². The van der Waals surface area contributed by atoms with Crippen LogP contribution in [0.15, 0.2) is 54.6 Å². The van der Waals surface area contributed by atoms with Crippen molar-refractivity contribution in [1.82, 2.24) is 0 Å². The standard InChI is InChI=1S/C23H25FO5/c1-6-20(25)29-21(23(4,5)27)18-12-9-16(13-19(18)24)15-7-10-17(11-8-15)28-22(26)14(2)3/h7-13,21,27H,2,6H2,1,3-5H3. The second-order valence-electron chi connectivity index (χ2n) is 7.31. The predicted molar refractivity (Wildman–Crippen MR) is 108 cm³/mol. The zero-order valence-corrected chi connectivity index (χ0v) is 17.0. The molecule has 0 aliphatic carbocycles. The maximum atomic E-state index is 14.8. The number of hydrogen-bond donors (Lipinski definition) is 1. The third-order valence-corrected chi connectivity index (χ3v) is 4.21. The van der Waals surface area contributed by atoms with Gasteiger partial charge in [-0.15, -0.1) is 0 Å². The van der Waals surface area contributed by atoms with Gasteiger partial charge in [-0.3, -0.25) is 4.79 Å². The van der Waals surface area contributed by atoms with Gasteiger partial charge < -0.3 is 14.6 Å². The zero-order chi connectivity index (χ0) is 21.8. The van der Waals surface area contributed by atoms with Crippen molar-refractivity contribution in [2.75, 3.05) is 0 Å². The first-order chi connectivity index (χ1) is 13.5. The Labute approximate surface area is 169 Å². The number of halogens is 1. The second-order valence-corrected chi connectivity index (χ2v) is 7.31. The van der Waals surface area contributed by atoms with Crippen LogP contribution in [0.3, 0.4) is 0 Å². The summed E-state index contributed by atoms with van der Waals surface area (Å²) in [7, 11) is 0. The Morgan fingerprint density at radius 2 is 1.72 bits per heavy atom. The van der Waals surface area contributed by atoms with Crippen LogP contribution in [0.25, 0.3) is 11.1 Å². The van der Waals surface area contributed by atoms with Gasteiger partial charge in [0.25, 0.3) is 0 Å². The summed E-state index contributed by atoms with van der Waals surface area (Å²) in [4.78, 5) is 23.3. The van der Waals surface area contributed by atoms with Crippen molar-refractivity contribution in [2.45, 2.75) is 45.8 Å². The molecule has 0 fully saturated rings. The van der Waals surface area contributed by atoms with Crippen LogP contribution in [-0.4, -0.2) is 22.6 Å². The smallest absolute Gasteiger partial charge is 0.338 e. The summed E-state index contributed by atoms with van der Waals surface area (Å²) >= 11 is 0. The number of ether oxygens (including phenoxy) is 2. The van der Waals surface area contributed by atoms with Gasteiger partial charge in [0.1, 0.15) is 17.2 Å². The number of carbonyl (C=O) groups is 2. The van der Waals surface area contributed by atoms with Gasteiger partial charge in [0.05, 0.1) is 0 Å². The Bertz CT molecular complexity index is 910. The van der Waals surface area contributed by atoms with E-state index in [2.05, 4.69) is 6.58 Å². The lowest BCUT2D eigenvalue weighted by Gasteiger charge is -2.29. The van der Waals surface area contributed by atoms with Gasteiger partial charge in [0.15, 0.2) is 6.10 Å². The molecule has 0 saturated heterocycles. The maximum absolute atomic E-state index is 14.8. The second kappa shape index (κ2) is 9.01. The van der Waals surface area contributed by atoms with Crippen LogP contribution in [0.5, 0.6) is 5.75 Å². The lowest BCUT2D eigenvalue weighted by atomic mass is 9.92. The molecule has 2 aromatic carbocycles. The van der Waals surface area contributed by atoms with Crippen molar-refractivity contribution < 1.29 is 28.6 Å². The molecule has 0 saturated carbocycles. The van der Waals surface area contributed by atoms with Gasteiger partial charge in [-0.2, -0.15) is 0 Å². The Morgan fingerprint density at radius 1 is 1.14 bits per heavy atom. The zero-order valence-electron chi connectivity index (χ0n) is 17.0. The molecule has 6 heteroatoms. The molecule has 154 valence electrons. The summed E-state index contributed by atoms with van der Waals surface area (Å²) < 4.78 is 25.2. The number of aliphatic hydroxyl groups is 1. The predicted octanol–water partition coefficient (Wildman–Crippen LogP) is 4.74. The summed E-state index contributed by atoms with van der Waals surface area (Å²) in [5, 5.41) is 10.3. The van der Waals surface area contributed by atoms with Crippen molar-refractivity contribution in [3.05, 3.63) is 66.0 Å². The van der Waals surface area contributed by atoms with Crippen molar-refractivity contribution in [3.63, 3.8) is 0 Å². The highest BCUT2D eigenvalue weighted by Gasteiger charge is 2.34. The van der Waals surface area contributed by atoms with Gasteiger partial charge in [0, 0.05) is 17.6 Å². The third kappa shape index (κ3) is 5.74. The first kappa shape index (κ1) is 22.3. The van der Waals surface area contributed by atoms with E-state index in [0.29, 0.717) is 16.9 Å². The molecule has 0 radical (unpaired) electrons. The van der Waals surface area contributed by atoms with Crippen LogP contribution in [-0.2, 0) is 14.3 Å². The Hall–Kier alpha value is -2.99. The fourth-order valence-electron chi connectivity index (χ4n) is 2.63. The van der Waals surface area contributed by atoms with E-state index in [9.17, 15) is 19.1 Å². The Morgan fingerprint density at radius 3 is 2.21 bits per heavy atom. The summed E-state index contributed by atoms with van der Waals surface area (Å²) in [6.07, 6.45) is -1.01. The lowest BCUT2D eigenvalue weighted by Crippen LogP contribution is -2.33. The normalized spacial score (nSPS) is 12.2. The molecule has 0 spiro atoms. The minimum absolute atomic E-state index is 0.0926. The van der Waals surface area contributed by atoms with Gasteiger partial charge >= 0.3 is 11.9 Å². The number of esters is 2. The molecular formula is C23H25FO5. The molecule has 0 aromatic heterocycles. The Balaban J connectivity index is 2.29. The first-order valence-electron chi connectivity index (χ1n) is 9.22. The molecule has 2 rings (SSSR count). The quantitative estimate of drug-likeness (QED) is 0.413. The molecule has 1 N–H and O–H groups in total. The minimum atomic E-state index is -1.46. The lowest BCUT2D eigenvalue weighted by molar-refractivity contribution is -0.162. The van der Waals surface area contributed by atoms with Crippen LogP contribution in [0.4, 0.5) is 4.39 Å². The summed E-state index contributed by atoms with van der Waals surface area (Å²) in [5.41, 5.74) is 0.213. The molecule has 0 aliphatic rings. The van der Waals surface area contributed by atoms with Crippen LogP contribution in [0, 0.1) is 5.82 Å². The molecular weight excluding hydrogens is 375 g/mol. The SMILES string of the molecule is C=C(C)C(=O)Oc1ccc(-c2ccc(C(OC(=O)CC)C(C)(C)O)c(F)c2)cc1. The number of carbonyl (C=O) groups excluding carboxylic acids is 2. The minimum Gasteiger partial charge on any atom is -0.454 e. The van der Waals surface area contributed by atoms with Gasteiger partial charge in [0.2, 0.25) is 0 Å². The van der Waals surface area contributed by atoms with Crippen molar-refractivity contribution in [2.24, 2.45) is 0 Å². The van der Waals surface area contributed by atoms with E-state index in [0.717, 1.165) is 0 Å². The Kier molecular flexibility index (Phi) is 6.93.